The molecule has 0 N–H and O–H groups in total. The van der Waals surface area contributed by atoms with E-state index in [9.17, 15) is 0 Å². The number of halogens is 4. The lowest BCUT2D eigenvalue weighted by atomic mass is 10.3. The normalized spacial score (nSPS) is 9.23. The van der Waals surface area contributed by atoms with Gasteiger partial charge in [0, 0.05) is 21.3 Å². The van der Waals surface area contributed by atoms with Crippen LogP contribution in [0.5, 0.6) is 0 Å². The zero-order chi connectivity index (χ0) is 10.4. The van der Waals surface area contributed by atoms with Crippen LogP contribution in [0.15, 0.2) is 0 Å². The molecular formula is C9H18Br4. The number of unbranched alkanes of at least 4 members (excludes halogenated alkanes) is 3. The molecule has 0 unspecified atom stereocenters. The maximum atomic E-state index is 3.36. The van der Waals surface area contributed by atoms with Crippen LogP contribution in [0.3, 0.4) is 0 Å². The summed E-state index contributed by atoms with van der Waals surface area (Å²) in [6.45, 7) is 0. The monoisotopic (exact) mass is 442 g/mol. The number of hydrogen-bond donors (Lipinski definition) is 0. The molecule has 0 aliphatic carbocycles. The molecule has 0 aliphatic heterocycles. The Labute approximate surface area is 116 Å². The highest BCUT2D eigenvalue weighted by Gasteiger charge is 1.81. The Hall–Kier alpha value is 1.92. The first-order valence-electron chi connectivity index (χ1n) is 4.57. The smallest absolute Gasteiger partial charge is 0.00315 e. The fourth-order valence-corrected chi connectivity index (χ4v) is 2.14. The summed E-state index contributed by atoms with van der Waals surface area (Å²) in [5.41, 5.74) is 0. The van der Waals surface area contributed by atoms with Gasteiger partial charge in [-0.3, -0.25) is 0 Å². The Bertz CT molecular complexity index is 60.6. The first kappa shape index (κ1) is 17.3. The molecule has 0 aromatic rings. The molecule has 0 aromatic carbocycles. The largest absolute Gasteiger partial charge is 0.0928 e. The fourth-order valence-electron chi connectivity index (χ4n) is 0.555. The van der Waals surface area contributed by atoms with Crippen LogP contribution in [0, 0.1) is 0 Å². The topological polar surface area (TPSA) is 0 Å². The third-order valence-electron chi connectivity index (χ3n) is 1.28. The van der Waals surface area contributed by atoms with Crippen LogP contribution in [0.2, 0.25) is 0 Å². The molecule has 0 aromatic heterocycles. The van der Waals surface area contributed by atoms with Crippen molar-refractivity contribution in [3.63, 3.8) is 0 Å². The van der Waals surface area contributed by atoms with Crippen LogP contribution in [0.1, 0.15) is 32.1 Å². The molecule has 0 atom stereocenters. The van der Waals surface area contributed by atoms with Crippen molar-refractivity contribution in [1.82, 2.24) is 0 Å². The van der Waals surface area contributed by atoms with E-state index < -0.39 is 0 Å². The van der Waals surface area contributed by atoms with E-state index in [0.29, 0.717) is 0 Å². The van der Waals surface area contributed by atoms with Crippen molar-refractivity contribution in [2.24, 2.45) is 0 Å². The molecule has 0 nitrogen and oxygen atoms in total. The van der Waals surface area contributed by atoms with E-state index >= 15 is 0 Å². The van der Waals surface area contributed by atoms with E-state index in [4.69, 9.17) is 0 Å². The summed E-state index contributed by atoms with van der Waals surface area (Å²) in [6, 6.07) is 0. The summed E-state index contributed by atoms with van der Waals surface area (Å²) >= 11 is 13.4. The van der Waals surface area contributed by atoms with Gasteiger partial charge in [-0.15, -0.1) is 0 Å². The van der Waals surface area contributed by atoms with Crippen molar-refractivity contribution in [1.29, 1.82) is 0 Å². The molecule has 0 bridgehead atoms. The molecule has 0 aliphatic rings. The molecule has 13 heavy (non-hydrogen) atoms. The lowest BCUT2D eigenvalue weighted by Gasteiger charge is -1.88. The molecule has 0 radical (unpaired) electrons. The summed E-state index contributed by atoms with van der Waals surface area (Å²) in [7, 11) is 0. The molecule has 4 heteroatoms. The molecule has 0 fully saturated rings. The summed E-state index contributed by atoms with van der Waals surface area (Å²) in [5, 5.41) is 4.58. The van der Waals surface area contributed by atoms with Gasteiger partial charge in [0.05, 0.1) is 0 Å². The van der Waals surface area contributed by atoms with Crippen molar-refractivity contribution < 1.29 is 0 Å². The second-order valence-corrected chi connectivity index (χ2v) is 5.70. The zero-order valence-corrected chi connectivity index (χ0v) is 14.2. The molecule has 0 rings (SSSR count). The van der Waals surface area contributed by atoms with Crippen molar-refractivity contribution in [3.05, 3.63) is 0 Å². The first-order chi connectivity index (χ1) is 6.33. The summed E-state index contributed by atoms with van der Waals surface area (Å²) in [5.74, 6) is 0. The molecule has 82 valence electrons. The van der Waals surface area contributed by atoms with Crippen LogP contribution < -0.4 is 0 Å². The fraction of sp³-hybridized carbons (Fsp3) is 1.00. The van der Waals surface area contributed by atoms with E-state index in [2.05, 4.69) is 63.7 Å². The van der Waals surface area contributed by atoms with Gasteiger partial charge in [0.1, 0.15) is 0 Å². The van der Waals surface area contributed by atoms with Gasteiger partial charge in [-0.2, -0.15) is 0 Å². The Morgan fingerprint density at radius 3 is 0.846 bits per heavy atom. The van der Waals surface area contributed by atoms with Crippen molar-refractivity contribution >= 4 is 63.7 Å². The minimum Gasteiger partial charge on any atom is -0.0928 e. The lowest BCUT2D eigenvalue weighted by Crippen LogP contribution is -1.76. The van der Waals surface area contributed by atoms with Crippen molar-refractivity contribution in [2.45, 2.75) is 32.1 Å². The van der Waals surface area contributed by atoms with Gasteiger partial charge in [-0.25, -0.2) is 0 Å². The van der Waals surface area contributed by atoms with Gasteiger partial charge >= 0.3 is 0 Å². The van der Waals surface area contributed by atoms with Crippen LogP contribution in [-0.4, -0.2) is 21.3 Å². The van der Waals surface area contributed by atoms with E-state index in [-0.39, 0.29) is 0 Å². The average molecular weight is 446 g/mol. The highest BCUT2D eigenvalue weighted by molar-refractivity contribution is 9.09. The van der Waals surface area contributed by atoms with Gasteiger partial charge in [-0.1, -0.05) is 70.1 Å². The van der Waals surface area contributed by atoms with Crippen LogP contribution >= 0.6 is 63.7 Å². The molecular weight excluding hydrogens is 428 g/mol. The summed E-state index contributed by atoms with van der Waals surface area (Å²) in [4.78, 5) is 0. The van der Waals surface area contributed by atoms with E-state index in [1.54, 1.807) is 0 Å². The van der Waals surface area contributed by atoms with Crippen molar-refractivity contribution in [3.8, 4) is 0 Å². The van der Waals surface area contributed by atoms with Gasteiger partial charge in [0.25, 0.3) is 0 Å². The minimum atomic E-state index is 1.14. The van der Waals surface area contributed by atoms with Gasteiger partial charge < -0.3 is 0 Å². The van der Waals surface area contributed by atoms with E-state index in [1.165, 1.54) is 32.1 Å². The van der Waals surface area contributed by atoms with E-state index in [0.717, 1.165) is 21.3 Å². The second-order valence-electron chi connectivity index (χ2n) is 2.52. The third-order valence-corrected chi connectivity index (χ3v) is 3.53. The predicted octanol–water partition coefficient (Wildman–Crippen LogP) is 5.50. The Kier molecular flexibility index (Phi) is 26.0. The number of hydrogen-bond acceptors (Lipinski definition) is 0. The van der Waals surface area contributed by atoms with Gasteiger partial charge in [-0.05, 0) is 25.7 Å². The van der Waals surface area contributed by atoms with E-state index in [1.807, 2.05) is 0 Å². The average Bonchev–Trinajstić information content (AvgIpc) is 2.17. The lowest BCUT2D eigenvalue weighted by molar-refractivity contribution is 0.792. The van der Waals surface area contributed by atoms with Crippen LogP contribution in [0.4, 0.5) is 0 Å². The van der Waals surface area contributed by atoms with Gasteiger partial charge in [0.15, 0.2) is 0 Å². The highest BCUT2D eigenvalue weighted by Crippen LogP contribution is 1.99. The third kappa shape index (κ3) is 24.9. The Morgan fingerprint density at radius 1 is 0.385 bits per heavy atom. The SMILES string of the molecule is BrCCCCBr.BrCCCCCBr. The second kappa shape index (κ2) is 19.5. The highest BCUT2D eigenvalue weighted by atomic mass is 79.9. The quantitative estimate of drug-likeness (QED) is 0.358. The summed E-state index contributed by atoms with van der Waals surface area (Å²) < 4.78 is 0. The summed E-state index contributed by atoms with van der Waals surface area (Å²) in [6.07, 6.45) is 6.53. The molecule has 0 spiro atoms. The molecule has 0 saturated carbocycles. The van der Waals surface area contributed by atoms with Crippen LogP contribution in [0.25, 0.3) is 0 Å². The minimum absolute atomic E-state index is 1.14. The Balaban J connectivity index is 0. The Morgan fingerprint density at radius 2 is 0.615 bits per heavy atom. The maximum Gasteiger partial charge on any atom is 0.00315 e. The maximum absolute atomic E-state index is 3.36. The molecule has 0 amide bonds. The molecule has 0 heterocycles. The predicted molar refractivity (Wildman–Crippen MR) is 78.3 cm³/mol. The van der Waals surface area contributed by atoms with Gasteiger partial charge in [0.2, 0.25) is 0 Å². The number of alkyl halides is 4. The number of rotatable bonds is 7. The zero-order valence-electron chi connectivity index (χ0n) is 7.88. The standard InChI is InChI=1S/C5H10Br2.C4H8Br2/c6-4-2-1-3-5-7;5-3-1-2-4-6/h1-5H2;1-4H2. The van der Waals surface area contributed by atoms with Crippen LogP contribution in [-0.2, 0) is 0 Å². The molecule has 0 saturated heterocycles. The van der Waals surface area contributed by atoms with Crippen molar-refractivity contribution in [2.75, 3.05) is 21.3 Å². The first-order valence-corrected chi connectivity index (χ1v) is 9.05.